The molecule has 9 heteroatoms. The molecule has 2 aromatic carbocycles. The van der Waals surface area contributed by atoms with Gasteiger partial charge in [0.1, 0.15) is 11.1 Å². The summed E-state index contributed by atoms with van der Waals surface area (Å²) in [4.78, 5) is 7.82. The Morgan fingerprint density at radius 2 is 1.80 bits per heavy atom. The zero-order valence-electron chi connectivity index (χ0n) is 16.7. The summed E-state index contributed by atoms with van der Waals surface area (Å²) < 4.78 is 42.0. The van der Waals surface area contributed by atoms with Crippen molar-refractivity contribution in [2.24, 2.45) is 0 Å². The highest BCUT2D eigenvalue weighted by Gasteiger charge is 2.46. The van der Waals surface area contributed by atoms with Crippen molar-refractivity contribution in [1.29, 1.82) is 0 Å². The van der Waals surface area contributed by atoms with Gasteiger partial charge in [-0.3, -0.25) is 9.74 Å². The monoisotopic (exact) mass is 453 g/mol. The lowest BCUT2D eigenvalue weighted by Crippen LogP contribution is -2.51. The van der Waals surface area contributed by atoms with Gasteiger partial charge in [-0.15, -0.1) is 0 Å². The number of benzene rings is 2. The molecule has 0 N–H and O–H groups in total. The minimum absolute atomic E-state index is 0.0292. The third-order valence-corrected chi connectivity index (χ3v) is 8.33. The molecule has 0 saturated carbocycles. The Labute approximate surface area is 181 Å². The van der Waals surface area contributed by atoms with Crippen molar-refractivity contribution in [3.05, 3.63) is 70.5 Å². The fourth-order valence-corrected chi connectivity index (χ4v) is 6.27. The van der Waals surface area contributed by atoms with Gasteiger partial charge in [-0.05, 0) is 23.3 Å². The number of hydrogen-bond donors (Lipinski definition) is 0. The van der Waals surface area contributed by atoms with Crippen LogP contribution in [0.1, 0.15) is 17.2 Å². The molecule has 162 valence electrons. The average molecular weight is 454 g/mol. The summed E-state index contributed by atoms with van der Waals surface area (Å²) in [6.07, 6.45) is 0. The van der Waals surface area contributed by atoms with Gasteiger partial charge in [0.2, 0.25) is 10.0 Å². The van der Waals surface area contributed by atoms with Crippen molar-refractivity contribution < 1.29 is 17.6 Å². The zero-order chi connectivity index (χ0) is 21.3. The van der Waals surface area contributed by atoms with Crippen LogP contribution in [0.15, 0.2) is 48.5 Å². The summed E-state index contributed by atoms with van der Waals surface area (Å²) in [5.74, 6) is -0.532. The van der Waals surface area contributed by atoms with E-state index in [1.54, 1.807) is 17.4 Å². The van der Waals surface area contributed by atoms with E-state index in [0.717, 1.165) is 6.54 Å². The molecule has 2 atom stereocenters. The standard InChI is InChI=1S/C21H25ClFN3O3S/c1-24-21(17-7-8-19(23)18(22)13-17)20(15-29-24)30(27,28)26-11-9-25(10-12-26)14-16-5-3-2-4-6-16/h2-8,13,20-21H,9-12,14-15H2,1H3. The smallest absolute Gasteiger partial charge is 0.221 e. The van der Waals surface area contributed by atoms with E-state index in [1.165, 1.54) is 22.8 Å². The fraction of sp³-hybridized carbons (Fsp3) is 0.429. The third kappa shape index (κ3) is 4.39. The van der Waals surface area contributed by atoms with Crippen LogP contribution in [-0.4, -0.2) is 67.8 Å². The summed E-state index contributed by atoms with van der Waals surface area (Å²) >= 11 is 5.93. The minimum Gasteiger partial charge on any atom is -0.297 e. The molecule has 2 aliphatic heterocycles. The van der Waals surface area contributed by atoms with Crippen LogP contribution in [0.2, 0.25) is 5.02 Å². The molecule has 2 aliphatic rings. The maximum atomic E-state index is 13.6. The molecule has 0 amide bonds. The van der Waals surface area contributed by atoms with Gasteiger partial charge >= 0.3 is 0 Å². The van der Waals surface area contributed by atoms with Crippen molar-refractivity contribution in [2.45, 2.75) is 17.8 Å². The quantitative estimate of drug-likeness (QED) is 0.696. The van der Waals surface area contributed by atoms with Gasteiger partial charge in [0.25, 0.3) is 0 Å². The van der Waals surface area contributed by atoms with Crippen LogP contribution in [0.5, 0.6) is 0 Å². The molecule has 30 heavy (non-hydrogen) atoms. The molecule has 6 nitrogen and oxygen atoms in total. The highest BCUT2D eigenvalue weighted by Crippen LogP contribution is 2.36. The molecule has 0 spiro atoms. The predicted octanol–water partition coefficient (Wildman–Crippen LogP) is 2.91. The van der Waals surface area contributed by atoms with Gasteiger partial charge < -0.3 is 0 Å². The van der Waals surface area contributed by atoms with Crippen molar-refractivity contribution in [3.8, 4) is 0 Å². The summed E-state index contributed by atoms with van der Waals surface area (Å²) in [5, 5.41) is 0.723. The van der Waals surface area contributed by atoms with Crippen molar-refractivity contribution in [3.63, 3.8) is 0 Å². The van der Waals surface area contributed by atoms with Crippen LogP contribution in [0.3, 0.4) is 0 Å². The molecule has 4 rings (SSSR count). The van der Waals surface area contributed by atoms with Crippen molar-refractivity contribution in [1.82, 2.24) is 14.3 Å². The number of hydrogen-bond acceptors (Lipinski definition) is 5. The summed E-state index contributed by atoms with van der Waals surface area (Å²) in [5.41, 5.74) is 1.84. The molecular formula is C21H25ClFN3O3S. The Kier molecular flexibility index (Phi) is 6.43. The molecular weight excluding hydrogens is 429 g/mol. The van der Waals surface area contributed by atoms with E-state index in [0.29, 0.717) is 31.7 Å². The summed E-state index contributed by atoms with van der Waals surface area (Å²) in [6.45, 7) is 3.08. The lowest BCUT2D eigenvalue weighted by Gasteiger charge is -2.36. The second-order valence-electron chi connectivity index (χ2n) is 7.70. The maximum Gasteiger partial charge on any atom is 0.221 e. The summed E-state index contributed by atoms with van der Waals surface area (Å²) in [7, 11) is -1.92. The van der Waals surface area contributed by atoms with E-state index in [2.05, 4.69) is 17.0 Å². The molecule has 2 heterocycles. The zero-order valence-corrected chi connectivity index (χ0v) is 18.3. The van der Waals surface area contributed by atoms with Gasteiger partial charge in [0.05, 0.1) is 17.7 Å². The Morgan fingerprint density at radius 1 is 1.10 bits per heavy atom. The first-order valence-corrected chi connectivity index (χ1v) is 11.8. The molecule has 2 unspecified atom stereocenters. The Morgan fingerprint density at radius 3 is 2.47 bits per heavy atom. The van der Waals surface area contributed by atoms with Gasteiger partial charge in [0, 0.05) is 39.8 Å². The van der Waals surface area contributed by atoms with E-state index >= 15 is 0 Å². The van der Waals surface area contributed by atoms with Gasteiger partial charge in [-0.1, -0.05) is 48.0 Å². The second-order valence-corrected chi connectivity index (χ2v) is 10.3. The van der Waals surface area contributed by atoms with Crippen molar-refractivity contribution in [2.75, 3.05) is 39.8 Å². The highest BCUT2D eigenvalue weighted by atomic mass is 35.5. The van der Waals surface area contributed by atoms with Gasteiger partial charge in [-0.25, -0.2) is 12.8 Å². The van der Waals surface area contributed by atoms with Gasteiger partial charge in [-0.2, -0.15) is 9.37 Å². The van der Waals surface area contributed by atoms with E-state index in [9.17, 15) is 12.8 Å². The number of sulfonamides is 1. The third-order valence-electron chi connectivity index (χ3n) is 5.79. The van der Waals surface area contributed by atoms with E-state index in [-0.39, 0.29) is 11.6 Å². The molecule has 0 aliphatic carbocycles. The van der Waals surface area contributed by atoms with Crippen LogP contribution in [-0.2, 0) is 21.4 Å². The first-order chi connectivity index (χ1) is 14.4. The minimum atomic E-state index is -3.61. The van der Waals surface area contributed by atoms with E-state index < -0.39 is 27.1 Å². The Hall–Kier alpha value is -1.55. The lowest BCUT2D eigenvalue weighted by atomic mass is 10.0. The van der Waals surface area contributed by atoms with E-state index in [1.807, 2.05) is 18.2 Å². The number of rotatable bonds is 5. The number of piperazine rings is 1. The summed E-state index contributed by atoms with van der Waals surface area (Å²) in [6, 6.07) is 13.9. The maximum absolute atomic E-state index is 13.6. The Bertz CT molecular complexity index is 984. The second kappa shape index (κ2) is 8.90. The van der Waals surface area contributed by atoms with Crippen molar-refractivity contribution >= 4 is 21.6 Å². The van der Waals surface area contributed by atoms with Crippen LogP contribution in [0, 0.1) is 5.82 Å². The number of nitrogens with zero attached hydrogens (tertiary/aromatic N) is 3. The van der Waals surface area contributed by atoms with Crippen LogP contribution in [0.25, 0.3) is 0 Å². The predicted molar refractivity (Wildman–Crippen MR) is 114 cm³/mol. The van der Waals surface area contributed by atoms with Crippen LogP contribution in [0.4, 0.5) is 4.39 Å². The highest BCUT2D eigenvalue weighted by molar-refractivity contribution is 7.89. The topological polar surface area (TPSA) is 53.1 Å². The molecule has 0 aromatic heterocycles. The fourth-order valence-electron chi connectivity index (χ4n) is 4.14. The largest absolute Gasteiger partial charge is 0.297 e. The molecule has 2 fully saturated rings. The lowest BCUT2D eigenvalue weighted by molar-refractivity contribution is -0.110. The normalized spacial score (nSPS) is 24.4. The SMILES string of the molecule is CN1OCC(S(=O)(=O)N2CCN(Cc3ccccc3)CC2)C1c1ccc(F)c(Cl)c1. The molecule has 2 aromatic rings. The van der Waals surface area contributed by atoms with E-state index in [4.69, 9.17) is 16.4 Å². The van der Waals surface area contributed by atoms with Gasteiger partial charge in [0.15, 0.2) is 0 Å². The first-order valence-electron chi connectivity index (χ1n) is 9.92. The van der Waals surface area contributed by atoms with Crippen LogP contribution >= 0.6 is 11.6 Å². The molecule has 0 radical (unpaired) electrons. The Balaban J connectivity index is 1.46. The molecule has 0 bridgehead atoms. The average Bonchev–Trinajstić information content (AvgIpc) is 3.13. The molecule has 2 saturated heterocycles. The van der Waals surface area contributed by atoms with Crippen LogP contribution < -0.4 is 0 Å². The number of halogens is 2. The first kappa shape index (κ1) is 21.7. The number of hydroxylamine groups is 2.